The SMILES string of the molecule is [2H]N1C(C2CCCC2)[C@H](C)N(c2ccccc2C)C1C1CCCC1. The van der Waals surface area contributed by atoms with Gasteiger partial charge in [0.15, 0.2) is 0 Å². The largest absolute Gasteiger partial charge is 0.351 e. The second-order valence-electron chi connectivity index (χ2n) is 8.08. The van der Waals surface area contributed by atoms with E-state index in [1.807, 2.05) is 5.31 Å². The van der Waals surface area contributed by atoms with Gasteiger partial charge in [-0.2, -0.15) is 0 Å². The van der Waals surface area contributed by atoms with E-state index in [2.05, 4.69) is 43.0 Å². The molecule has 1 aliphatic heterocycles. The van der Waals surface area contributed by atoms with E-state index >= 15 is 0 Å². The monoisotopic (exact) mass is 313 g/mol. The fraction of sp³-hybridized carbons (Fsp3) is 0.714. The summed E-state index contributed by atoms with van der Waals surface area (Å²) in [4.78, 5) is 2.63. The lowest BCUT2D eigenvalue weighted by molar-refractivity contribution is 0.334. The number of nitrogens with one attached hydrogen (secondary N) is 1. The number of anilines is 1. The molecule has 2 unspecified atom stereocenters. The first-order valence-electron chi connectivity index (χ1n) is 10.2. The molecule has 23 heavy (non-hydrogen) atoms. The van der Waals surface area contributed by atoms with Gasteiger partial charge in [-0.3, -0.25) is 5.31 Å². The Bertz CT molecular complexity index is 563. The Morgan fingerprint density at radius 1 is 1.00 bits per heavy atom. The van der Waals surface area contributed by atoms with Crippen molar-refractivity contribution in [2.75, 3.05) is 4.90 Å². The molecule has 3 aliphatic rings. The van der Waals surface area contributed by atoms with Gasteiger partial charge in [-0.05, 0) is 63.0 Å². The van der Waals surface area contributed by atoms with Gasteiger partial charge in [0.2, 0.25) is 0 Å². The van der Waals surface area contributed by atoms with Crippen LogP contribution < -0.4 is 10.2 Å². The predicted molar refractivity (Wildman–Crippen MR) is 97.7 cm³/mol. The molecule has 2 saturated carbocycles. The summed E-state index contributed by atoms with van der Waals surface area (Å²) in [5, 5.41) is 2.04. The molecule has 1 N–H and O–H groups in total. The Kier molecular flexibility index (Phi) is 4.03. The van der Waals surface area contributed by atoms with E-state index in [1.165, 1.54) is 62.6 Å². The lowest BCUT2D eigenvalue weighted by atomic mass is 9.93. The Morgan fingerprint density at radius 3 is 2.26 bits per heavy atom. The van der Waals surface area contributed by atoms with Crippen molar-refractivity contribution in [1.82, 2.24) is 5.31 Å². The second-order valence-corrected chi connectivity index (χ2v) is 8.08. The maximum absolute atomic E-state index is 9.05. The number of hydrogen-bond acceptors (Lipinski definition) is 2. The zero-order chi connectivity index (χ0) is 16.7. The first-order chi connectivity index (χ1) is 11.7. The summed E-state index contributed by atoms with van der Waals surface area (Å²) in [6.07, 6.45) is 10.9. The van der Waals surface area contributed by atoms with Crippen LogP contribution in [-0.4, -0.2) is 18.2 Å². The molecule has 0 spiro atoms. The minimum absolute atomic E-state index is 0.272. The lowest BCUT2D eigenvalue weighted by Crippen LogP contribution is -2.43. The van der Waals surface area contributed by atoms with Gasteiger partial charge < -0.3 is 4.90 Å². The van der Waals surface area contributed by atoms with Gasteiger partial charge in [-0.1, -0.05) is 43.9 Å². The highest BCUT2D eigenvalue weighted by Crippen LogP contribution is 2.41. The van der Waals surface area contributed by atoms with Gasteiger partial charge in [-0.25, -0.2) is 0 Å². The molecule has 3 atom stereocenters. The van der Waals surface area contributed by atoms with Crippen LogP contribution in [0.4, 0.5) is 5.69 Å². The molecule has 2 nitrogen and oxygen atoms in total. The predicted octanol–water partition coefficient (Wildman–Crippen LogP) is 4.87. The highest BCUT2D eigenvalue weighted by Gasteiger charge is 2.45. The van der Waals surface area contributed by atoms with Gasteiger partial charge in [0, 0.05) is 17.8 Å². The standard InChI is InChI=1S/C21H32N2/c1-15-9-3-8-14-19(15)23-16(2)20(17-10-4-5-11-17)22-21(23)18-12-6-7-13-18/h3,8-9,14,16-18,20-22H,4-7,10-13H2,1-2H3/t16-,20?,21?/m0/s1/i/hD. The molecule has 0 amide bonds. The van der Waals surface area contributed by atoms with Crippen LogP contribution in [0.3, 0.4) is 0 Å². The molecule has 0 radical (unpaired) electrons. The van der Waals surface area contributed by atoms with E-state index in [4.69, 9.17) is 1.41 Å². The van der Waals surface area contributed by atoms with Crippen LogP contribution >= 0.6 is 0 Å². The number of aryl methyl sites for hydroxylation is 1. The normalized spacial score (nSPS) is 34.4. The minimum Gasteiger partial charge on any atom is -0.351 e. The van der Waals surface area contributed by atoms with E-state index in [9.17, 15) is 0 Å². The van der Waals surface area contributed by atoms with E-state index in [1.54, 1.807) is 0 Å². The Morgan fingerprint density at radius 2 is 1.61 bits per heavy atom. The van der Waals surface area contributed by atoms with Gasteiger partial charge in [0.1, 0.15) is 1.41 Å². The Labute approximate surface area is 143 Å². The van der Waals surface area contributed by atoms with Gasteiger partial charge in [0.05, 0.1) is 6.17 Å². The molecule has 1 aromatic rings. The van der Waals surface area contributed by atoms with Gasteiger partial charge in [0.25, 0.3) is 0 Å². The average molecular weight is 314 g/mol. The third-order valence-electron chi connectivity index (χ3n) is 6.64. The molecule has 2 heteroatoms. The zero-order valence-electron chi connectivity index (χ0n) is 15.7. The summed E-state index contributed by atoms with van der Waals surface area (Å²) < 4.78 is 9.05. The van der Waals surface area contributed by atoms with E-state index < -0.39 is 0 Å². The zero-order valence-corrected chi connectivity index (χ0v) is 14.7. The highest BCUT2D eigenvalue weighted by atomic mass is 15.4. The Balaban J connectivity index is 1.71. The summed E-state index contributed by atoms with van der Waals surface area (Å²) in [5.74, 6) is 1.38. The molecular formula is C21H32N2. The topological polar surface area (TPSA) is 15.3 Å². The minimum atomic E-state index is 0.272. The quantitative estimate of drug-likeness (QED) is 0.856. The molecule has 4 rings (SSSR count). The number of benzene rings is 1. The van der Waals surface area contributed by atoms with E-state index in [0.717, 1.165) is 5.92 Å². The maximum Gasteiger partial charge on any atom is 0.125 e. The molecule has 126 valence electrons. The van der Waals surface area contributed by atoms with Crippen molar-refractivity contribution in [3.63, 3.8) is 0 Å². The second kappa shape index (κ2) is 6.47. The molecule has 0 bridgehead atoms. The summed E-state index contributed by atoms with van der Waals surface area (Å²) in [6, 6.07) is 9.65. The fourth-order valence-electron chi connectivity index (χ4n) is 5.41. The fourth-order valence-corrected chi connectivity index (χ4v) is 5.41. The van der Waals surface area contributed by atoms with Gasteiger partial charge in [-0.15, -0.1) is 0 Å². The Hall–Kier alpha value is -1.02. The van der Waals surface area contributed by atoms with Gasteiger partial charge >= 0.3 is 0 Å². The third kappa shape index (κ3) is 2.80. The van der Waals surface area contributed by atoms with Crippen molar-refractivity contribution >= 4 is 5.69 Å². The average Bonchev–Trinajstić information content (AvgIpc) is 3.29. The van der Waals surface area contributed by atoms with Crippen LogP contribution in [-0.2, 0) is 0 Å². The van der Waals surface area contributed by atoms with Crippen molar-refractivity contribution in [3.05, 3.63) is 29.8 Å². The van der Waals surface area contributed by atoms with Crippen molar-refractivity contribution in [2.45, 2.75) is 83.5 Å². The molecule has 3 fully saturated rings. The first-order valence-corrected chi connectivity index (χ1v) is 9.79. The lowest BCUT2D eigenvalue weighted by Gasteiger charge is -2.35. The number of para-hydroxylation sites is 1. The van der Waals surface area contributed by atoms with Crippen LogP contribution in [0.1, 0.15) is 63.9 Å². The maximum atomic E-state index is 9.05. The van der Waals surface area contributed by atoms with E-state index in [0.29, 0.717) is 18.0 Å². The molecule has 2 aliphatic carbocycles. The first kappa shape index (κ1) is 14.3. The van der Waals surface area contributed by atoms with Crippen LogP contribution in [0.5, 0.6) is 0 Å². The summed E-state index contributed by atoms with van der Waals surface area (Å²) >= 11 is 0. The van der Waals surface area contributed by atoms with Crippen molar-refractivity contribution in [3.8, 4) is 0 Å². The molecular weight excluding hydrogens is 280 g/mol. The molecule has 1 heterocycles. The van der Waals surface area contributed by atoms with Crippen molar-refractivity contribution in [1.29, 1.82) is 0 Å². The number of hydrogen-bond donors (Lipinski definition) is 1. The van der Waals surface area contributed by atoms with Crippen LogP contribution in [0.25, 0.3) is 0 Å². The third-order valence-corrected chi connectivity index (χ3v) is 6.64. The molecule has 0 aromatic heterocycles. The summed E-state index contributed by atoms with van der Waals surface area (Å²) in [5.41, 5.74) is 2.72. The smallest absolute Gasteiger partial charge is 0.125 e. The van der Waals surface area contributed by atoms with Crippen molar-refractivity contribution in [2.24, 2.45) is 11.8 Å². The van der Waals surface area contributed by atoms with Crippen LogP contribution in [0.15, 0.2) is 24.3 Å². The number of nitrogens with zero attached hydrogens (tertiary/aromatic N) is 1. The number of rotatable bonds is 3. The molecule has 1 saturated heterocycles. The van der Waals surface area contributed by atoms with Crippen molar-refractivity contribution < 1.29 is 1.41 Å². The van der Waals surface area contributed by atoms with E-state index in [-0.39, 0.29) is 6.17 Å². The highest BCUT2D eigenvalue weighted by molar-refractivity contribution is 5.56. The summed E-state index contributed by atoms with van der Waals surface area (Å²) in [6.45, 7) is 4.61. The van der Waals surface area contributed by atoms with Crippen LogP contribution in [0, 0.1) is 18.8 Å². The van der Waals surface area contributed by atoms with Crippen LogP contribution in [0.2, 0.25) is 1.41 Å². The summed E-state index contributed by atoms with van der Waals surface area (Å²) in [7, 11) is 0. The molecule has 1 aromatic carbocycles.